The number of carbonyl (C=O) groups is 2. The van der Waals surface area contributed by atoms with Crippen LogP contribution < -0.4 is 11.1 Å². The Hall–Kier alpha value is -0.710. The molecule has 0 bridgehead atoms. The molecule has 0 rings (SSSR count). The van der Waals surface area contributed by atoms with Crippen molar-refractivity contribution in [3.8, 4) is 0 Å². The van der Waals surface area contributed by atoms with Crippen molar-refractivity contribution in [2.24, 2.45) is 5.73 Å². The highest BCUT2D eigenvalue weighted by Gasteiger charge is 2.09. The highest BCUT2D eigenvalue weighted by molar-refractivity contribution is 7.80. The molecule has 0 heterocycles. The summed E-state index contributed by atoms with van der Waals surface area (Å²) in [5, 5.41) is 2.20. The van der Waals surface area contributed by atoms with Gasteiger partial charge in [0, 0.05) is 5.75 Å². The van der Waals surface area contributed by atoms with Gasteiger partial charge >= 0.3 is 0 Å². The van der Waals surface area contributed by atoms with Crippen molar-refractivity contribution in [1.82, 2.24) is 5.32 Å². The van der Waals surface area contributed by atoms with Crippen molar-refractivity contribution in [2.75, 3.05) is 5.75 Å². The van der Waals surface area contributed by atoms with Gasteiger partial charge in [-0.3, -0.25) is 9.59 Å². The van der Waals surface area contributed by atoms with Crippen LogP contribution in [0.2, 0.25) is 0 Å². The summed E-state index contributed by atoms with van der Waals surface area (Å²) in [6.07, 6.45) is 0.422. The molecular weight excluding hydrogens is 140 g/mol. The van der Waals surface area contributed by atoms with Crippen LogP contribution in [0.5, 0.6) is 0 Å². The minimum absolute atomic E-state index is 0.230. The van der Waals surface area contributed by atoms with E-state index in [9.17, 15) is 9.59 Å². The molecule has 0 spiro atoms. The Bertz CT molecular complexity index is 117. The molecule has 0 radical (unpaired) electrons. The molecule has 9 heavy (non-hydrogen) atoms. The first kappa shape index (κ1) is 8.29. The van der Waals surface area contributed by atoms with Gasteiger partial charge in [0.25, 0.3) is 0 Å². The van der Waals surface area contributed by atoms with Gasteiger partial charge in [0.15, 0.2) is 0 Å². The van der Waals surface area contributed by atoms with Gasteiger partial charge < -0.3 is 11.1 Å². The molecule has 3 N–H and O–H groups in total. The topological polar surface area (TPSA) is 72.2 Å². The molecule has 0 aromatic heterocycles. The first-order valence-corrected chi connectivity index (χ1v) is 2.95. The van der Waals surface area contributed by atoms with E-state index in [2.05, 4.69) is 17.9 Å². The fraction of sp³-hybridized carbons (Fsp3) is 0.500. The molecule has 0 aliphatic rings. The van der Waals surface area contributed by atoms with Crippen LogP contribution in [0, 0.1) is 0 Å². The summed E-state index contributed by atoms with van der Waals surface area (Å²) >= 11 is 3.77. The Kier molecular flexibility index (Phi) is 3.87. The lowest BCUT2D eigenvalue weighted by Gasteiger charge is -2.06. The molecule has 0 saturated heterocycles. The predicted octanol–water partition coefficient (Wildman–Crippen LogP) is -1.48. The quantitative estimate of drug-likeness (QED) is 0.336. The van der Waals surface area contributed by atoms with Gasteiger partial charge in [-0.2, -0.15) is 12.6 Å². The minimum atomic E-state index is -0.647. The molecule has 2 amide bonds. The molecule has 0 saturated carbocycles. The maximum Gasteiger partial charge on any atom is 0.240 e. The number of amides is 2. The summed E-state index contributed by atoms with van der Waals surface area (Å²) in [6, 6.07) is -0.647. The van der Waals surface area contributed by atoms with E-state index in [1.54, 1.807) is 0 Å². The van der Waals surface area contributed by atoms with E-state index in [0.29, 0.717) is 6.41 Å². The average Bonchev–Trinajstić information content (AvgIpc) is 1.82. The summed E-state index contributed by atoms with van der Waals surface area (Å²) < 4.78 is 0. The number of primary amides is 1. The lowest BCUT2D eigenvalue weighted by Crippen LogP contribution is -2.41. The van der Waals surface area contributed by atoms with E-state index in [4.69, 9.17) is 5.73 Å². The average molecular weight is 148 g/mol. The van der Waals surface area contributed by atoms with Crippen molar-refractivity contribution >= 4 is 24.9 Å². The van der Waals surface area contributed by atoms with Crippen LogP contribution >= 0.6 is 12.6 Å². The maximum absolute atomic E-state index is 10.3. The molecule has 0 unspecified atom stereocenters. The summed E-state index contributed by atoms with van der Waals surface area (Å²) in [5.41, 5.74) is 4.82. The zero-order chi connectivity index (χ0) is 7.28. The molecule has 5 heteroatoms. The van der Waals surface area contributed by atoms with Gasteiger partial charge in [-0.1, -0.05) is 0 Å². The number of rotatable bonds is 4. The molecule has 0 aromatic carbocycles. The third kappa shape index (κ3) is 2.97. The van der Waals surface area contributed by atoms with E-state index in [-0.39, 0.29) is 5.75 Å². The Morgan fingerprint density at radius 2 is 2.44 bits per heavy atom. The standard InChI is InChI=1S/C4H8N2O2S/c5-4(8)3(1-9)6-2-7/h2-3,9H,1H2,(H2,5,8)(H,6,7)/t3-/m0/s1. The Morgan fingerprint density at radius 3 is 2.56 bits per heavy atom. The first-order valence-electron chi connectivity index (χ1n) is 2.32. The Labute approximate surface area is 58.2 Å². The SMILES string of the molecule is NC(=O)[C@H](CS)NC=O. The smallest absolute Gasteiger partial charge is 0.240 e. The number of nitrogens with one attached hydrogen (secondary N) is 1. The lowest BCUT2D eigenvalue weighted by molar-refractivity contribution is -0.122. The molecular formula is C4H8N2O2S. The van der Waals surface area contributed by atoms with Gasteiger partial charge in [0.2, 0.25) is 12.3 Å². The summed E-state index contributed by atoms with van der Waals surface area (Å²) in [4.78, 5) is 20.0. The van der Waals surface area contributed by atoms with Gasteiger partial charge in [0.05, 0.1) is 0 Å². The third-order valence-corrected chi connectivity index (χ3v) is 1.16. The van der Waals surface area contributed by atoms with Crippen LogP contribution in [0.3, 0.4) is 0 Å². The van der Waals surface area contributed by atoms with Crippen LogP contribution in [0.25, 0.3) is 0 Å². The fourth-order valence-corrected chi connectivity index (χ4v) is 0.592. The zero-order valence-corrected chi connectivity index (χ0v) is 5.60. The number of nitrogens with two attached hydrogens (primary N) is 1. The normalized spacial score (nSPS) is 12.1. The van der Waals surface area contributed by atoms with Crippen LogP contribution in [0.1, 0.15) is 0 Å². The minimum Gasteiger partial charge on any atom is -0.368 e. The monoisotopic (exact) mass is 148 g/mol. The third-order valence-electron chi connectivity index (χ3n) is 0.795. The Morgan fingerprint density at radius 1 is 1.89 bits per heavy atom. The van der Waals surface area contributed by atoms with Crippen LogP contribution in [0.4, 0.5) is 0 Å². The summed E-state index contributed by atoms with van der Waals surface area (Å²) in [6.45, 7) is 0. The van der Waals surface area contributed by atoms with Crippen molar-refractivity contribution in [3.63, 3.8) is 0 Å². The number of thiol groups is 1. The van der Waals surface area contributed by atoms with Crippen molar-refractivity contribution < 1.29 is 9.59 Å². The maximum atomic E-state index is 10.3. The second-order valence-corrected chi connectivity index (χ2v) is 1.79. The molecule has 0 aliphatic carbocycles. The van der Waals surface area contributed by atoms with E-state index in [1.807, 2.05) is 0 Å². The highest BCUT2D eigenvalue weighted by atomic mass is 32.1. The van der Waals surface area contributed by atoms with Crippen LogP contribution in [0.15, 0.2) is 0 Å². The lowest BCUT2D eigenvalue weighted by atomic mass is 10.3. The van der Waals surface area contributed by atoms with Crippen molar-refractivity contribution in [2.45, 2.75) is 6.04 Å². The predicted molar refractivity (Wildman–Crippen MR) is 36.0 cm³/mol. The fourth-order valence-electron chi connectivity index (χ4n) is 0.307. The molecule has 0 aromatic rings. The molecule has 0 fully saturated rings. The second-order valence-electron chi connectivity index (χ2n) is 1.42. The second kappa shape index (κ2) is 4.20. The number of carbonyl (C=O) groups excluding carboxylic acids is 2. The van der Waals surface area contributed by atoms with Crippen molar-refractivity contribution in [3.05, 3.63) is 0 Å². The first-order chi connectivity index (χ1) is 4.22. The molecule has 0 aliphatic heterocycles. The van der Waals surface area contributed by atoms with Crippen molar-refractivity contribution in [1.29, 1.82) is 0 Å². The van der Waals surface area contributed by atoms with Crippen LogP contribution in [-0.4, -0.2) is 24.1 Å². The number of hydrogen-bond donors (Lipinski definition) is 3. The van der Waals surface area contributed by atoms with Gasteiger partial charge in [-0.05, 0) is 0 Å². The highest BCUT2D eigenvalue weighted by Crippen LogP contribution is 1.82. The van der Waals surface area contributed by atoms with E-state index < -0.39 is 11.9 Å². The number of hydrogen-bond acceptors (Lipinski definition) is 3. The van der Waals surface area contributed by atoms with Gasteiger partial charge in [-0.25, -0.2) is 0 Å². The van der Waals surface area contributed by atoms with E-state index in [0.717, 1.165) is 0 Å². The molecule has 52 valence electrons. The summed E-state index contributed by atoms with van der Waals surface area (Å²) in [5.74, 6) is -0.342. The summed E-state index contributed by atoms with van der Waals surface area (Å²) in [7, 11) is 0. The zero-order valence-electron chi connectivity index (χ0n) is 4.70. The largest absolute Gasteiger partial charge is 0.368 e. The van der Waals surface area contributed by atoms with Gasteiger partial charge in [0.1, 0.15) is 6.04 Å². The van der Waals surface area contributed by atoms with E-state index in [1.165, 1.54) is 0 Å². The van der Waals surface area contributed by atoms with E-state index >= 15 is 0 Å². The van der Waals surface area contributed by atoms with Gasteiger partial charge in [-0.15, -0.1) is 0 Å². The van der Waals surface area contributed by atoms with Crippen LogP contribution in [-0.2, 0) is 9.59 Å². The molecule has 4 nitrogen and oxygen atoms in total. The Balaban J connectivity index is 3.67. The molecule has 1 atom stereocenters.